The summed E-state index contributed by atoms with van der Waals surface area (Å²) < 4.78 is 0. The Kier molecular flexibility index (Phi) is 3.90. The molecule has 0 radical (unpaired) electrons. The van der Waals surface area contributed by atoms with Gasteiger partial charge in [0.2, 0.25) is 6.41 Å². The maximum Gasteiger partial charge on any atom is 0.262 e. The first-order valence-electron chi connectivity index (χ1n) is 5.88. The minimum absolute atomic E-state index is 0.278. The Hall–Kier alpha value is -2.54. The molecule has 3 amide bonds. The molecule has 1 aliphatic heterocycles. The van der Waals surface area contributed by atoms with E-state index in [2.05, 4.69) is 4.84 Å². The predicted molar refractivity (Wildman–Crippen MR) is 66.6 cm³/mol. The summed E-state index contributed by atoms with van der Waals surface area (Å²) >= 11 is 0. The fourth-order valence-corrected chi connectivity index (χ4v) is 1.97. The van der Waals surface area contributed by atoms with E-state index in [9.17, 15) is 19.2 Å². The number of carbonyl (C=O) groups is 4. The number of hydrogen-bond donors (Lipinski definition) is 1. The van der Waals surface area contributed by atoms with Gasteiger partial charge in [0.05, 0.1) is 17.2 Å². The monoisotopic (exact) mass is 276 g/mol. The Bertz CT molecular complexity index is 549. The number of amides is 3. The molecule has 1 atom stereocenters. The topological polar surface area (TPSA) is 92.8 Å². The summed E-state index contributed by atoms with van der Waals surface area (Å²) in [4.78, 5) is 51.5. The average Bonchev–Trinajstić information content (AvgIpc) is 2.71. The van der Waals surface area contributed by atoms with Crippen LogP contribution in [-0.2, 0) is 14.4 Å². The molecule has 7 heteroatoms. The molecule has 20 heavy (non-hydrogen) atoms. The molecule has 0 saturated heterocycles. The van der Waals surface area contributed by atoms with Gasteiger partial charge < -0.3 is 0 Å². The predicted octanol–water partition coefficient (Wildman–Crippen LogP) is -0.0822. The van der Waals surface area contributed by atoms with E-state index in [4.69, 9.17) is 0 Å². The van der Waals surface area contributed by atoms with E-state index in [1.54, 1.807) is 12.1 Å². The minimum atomic E-state index is -0.962. The van der Waals surface area contributed by atoms with Gasteiger partial charge in [0.15, 0.2) is 5.78 Å². The largest absolute Gasteiger partial charge is 0.295 e. The van der Waals surface area contributed by atoms with E-state index in [-0.39, 0.29) is 17.5 Å². The zero-order valence-electron chi connectivity index (χ0n) is 10.7. The first kappa shape index (κ1) is 13.9. The van der Waals surface area contributed by atoms with Crippen molar-refractivity contribution in [3.05, 3.63) is 35.4 Å². The second-order valence-corrected chi connectivity index (χ2v) is 4.19. The zero-order valence-corrected chi connectivity index (χ0v) is 10.7. The van der Waals surface area contributed by atoms with Gasteiger partial charge >= 0.3 is 0 Å². The number of rotatable bonds is 6. The highest BCUT2D eigenvalue weighted by molar-refractivity contribution is 6.22. The lowest BCUT2D eigenvalue weighted by Crippen LogP contribution is -2.44. The summed E-state index contributed by atoms with van der Waals surface area (Å²) in [5.41, 5.74) is 2.44. The van der Waals surface area contributed by atoms with Gasteiger partial charge in [-0.2, -0.15) is 0 Å². The maximum atomic E-state index is 12.1. The molecule has 0 aliphatic carbocycles. The number of carbonyl (C=O) groups excluding carboxylic acids is 4. The highest BCUT2D eigenvalue weighted by Crippen LogP contribution is 2.24. The summed E-state index contributed by atoms with van der Waals surface area (Å²) in [5, 5.41) is 0. The molecule has 104 valence electrons. The first-order valence-corrected chi connectivity index (χ1v) is 5.88. The molecule has 1 heterocycles. The van der Waals surface area contributed by atoms with Gasteiger partial charge in [-0.1, -0.05) is 12.1 Å². The summed E-state index contributed by atoms with van der Waals surface area (Å²) in [7, 11) is 0. The number of hydrogen-bond acceptors (Lipinski definition) is 5. The Balaban J connectivity index is 2.14. The van der Waals surface area contributed by atoms with Crippen molar-refractivity contribution in [3.63, 3.8) is 0 Å². The molecule has 0 spiro atoms. The fourth-order valence-electron chi connectivity index (χ4n) is 1.97. The second kappa shape index (κ2) is 5.62. The van der Waals surface area contributed by atoms with Crippen LogP contribution in [0.5, 0.6) is 0 Å². The molecule has 1 aromatic rings. The van der Waals surface area contributed by atoms with E-state index >= 15 is 0 Å². The molecular formula is C13H12N2O5. The normalized spacial score (nSPS) is 14.9. The number of nitrogens with one attached hydrogen (secondary N) is 1. The molecule has 0 bridgehead atoms. The molecule has 0 aromatic heterocycles. The van der Waals surface area contributed by atoms with Crippen molar-refractivity contribution < 1.29 is 24.0 Å². The maximum absolute atomic E-state index is 12.1. The third-order valence-corrected chi connectivity index (χ3v) is 3.02. The number of ketones is 1. The van der Waals surface area contributed by atoms with Gasteiger partial charge in [0.25, 0.3) is 11.8 Å². The van der Waals surface area contributed by atoms with Crippen LogP contribution in [0.3, 0.4) is 0 Å². The van der Waals surface area contributed by atoms with E-state index in [1.165, 1.54) is 19.1 Å². The molecule has 7 nitrogen and oxygen atoms in total. The van der Waals surface area contributed by atoms with E-state index in [1.807, 2.05) is 5.48 Å². The zero-order chi connectivity index (χ0) is 14.7. The van der Waals surface area contributed by atoms with Crippen LogP contribution in [0.4, 0.5) is 0 Å². The van der Waals surface area contributed by atoms with E-state index in [0.717, 1.165) is 4.90 Å². The van der Waals surface area contributed by atoms with Crippen LogP contribution in [0.1, 0.15) is 27.6 Å². The van der Waals surface area contributed by atoms with Gasteiger partial charge in [0.1, 0.15) is 6.61 Å². The Labute approximate surface area is 114 Å². The van der Waals surface area contributed by atoms with Crippen molar-refractivity contribution in [2.24, 2.45) is 0 Å². The van der Waals surface area contributed by atoms with Gasteiger partial charge in [-0.25, -0.2) is 5.48 Å². The van der Waals surface area contributed by atoms with Crippen LogP contribution < -0.4 is 5.48 Å². The highest BCUT2D eigenvalue weighted by Gasteiger charge is 2.40. The standard InChI is InChI=1S/C13H12N2O5/c1-8(11(17)6-20-14-7-16)15-12(18)9-4-2-3-5-10(9)13(15)19/h2-5,7-8H,6H2,1H3,(H,14,16). The second-order valence-electron chi connectivity index (χ2n) is 4.19. The number of fused-ring (bicyclic) bond motifs is 1. The highest BCUT2D eigenvalue weighted by atomic mass is 16.6. The lowest BCUT2D eigenvalue weighted by Gasteiger charge is -2.20. The van der Waals surface area contributed by atoms with Crippen molar-refractivity contribution in [1.82, 2.24) is 10.4 Å². The number of nitrogens with zero attached hydrogens (tertiary/aromatic N) is 1. The van der Waals surface area contributed by atoms with E-state index < -0.39 is 30.2 Å². The van der Waals surface area contributed by atoms with Crippen LogP contribution in [-0.4, -0.2) is 41.6 Å². The molecule has 0 fully saturated rings. The van der Waals surface area contributed by atoms with Crippen LogP contribution in [0.25, 0.3) is 0 Å². The number of Topliss-reactive ketones (excluding diaryl/α,β-unsaturated/α-hetero) is 1. The molecular weight excluding hydrogens is 264 g/mol. The van der Waals surface area contributed by atoms with Crippen molar-refractivity contribution in [2.75, 3.05) is 6.61 Å². The van der Waals surface area contributed by atoms with Crippen LogP contribution in [0, 0.1) is 0 Å². The number of benzene rings is 1. The summed E-state index contributed by atoms with van der Waals surface area (Å²) in [5.74, 6) is -1.50. The Morgan fingerprint density at radius 2 is 1.85 bits per heavy atom. The summed E-state index contributed by atoms with van der Waals surface area (Å²) in [6.45, 7) is 1.02. The quantitative estimate of drug-likeness (QED) is 0.339. The molecule has 1 N–H and O–H groups in total. The van der Waals surface area contributed by atoms with Crippen molar-refractivity contribution in [3.8, 4) is 0 Å². The van der Waals surface area contributed by atoms with Crippen LogP contribution in [0.15, 0.2) is 24.3 Å². The minimum Gasteiger partial charge on any atom is -0.295 e. The average molecular weight is 276 g/mol. The third kappa shape index (κ3) is 2.30. The number of imide groups is 1. The molecule has 2 rings (SSSR count). The SMILES string of the molecule is CC(C(=O)CONC=O)N1C(=O)c2ccccc2C1=O. The van der Waals surface area contributed by atoms with Gasteiger partial charge in [-0.05, 0) is 19.1 Å². The van der Waals surface area contributed by atoms with Gasteiger partial charge in [-0.15, -0.1) is 0 Å². The Morgan fingerprint density at radius 1 is 1.30 bits per heavy atom. The summed E-state index contributed by atoms with van der Waals surface area (Å²) in [6, 6.07) is 5.42. The molecule has 0 saturated carbocycles. The number of hydroxylamine groups is 1. The van der Waals surface area contributed by atoms with Gasteiger partial charge in [-0.3, -0.25) is 28.9 Å². The smallest absolute Gasteiger partial charge is 0.262 e. The fraction of sp³-hybridized carbons (Fsp3) is 0.231. The van der Waals surface area contributed by atoms with Gasteiger partial charge in [0, 0.05) is 0 Å². The van der Waals surface area contributed by atoms with Crippen molar-refractivity contribution in [2.45, 2.75) is 13.0 Å². The molecule has 1 unspecified atom stereocenters. The van der Waals surface area contributed by atoms with Crippen LogP contribution >= 0.6 is 0 Å². The lowest BCUT2D eigenvalue weighted by molar-refractivity contribution is -0.133. The van der Waals surface area contributed by atoms with E-state index in [0.29, 0.717) is 0 Å². The molecule has 1 aliphatic rings. The third-order valence-electron chi connectivity index (χ3n) is 3.02. The van der Waals surface area contributed by atoms with Crippen molar-refractivity contribution in [1.29, 1.82) is 0 Å². The Morgan fingerprint density at radius 3 is 2.35 bits per heavy atom. The molecule has 1 aromatic carbocycles. The van der Waals surface area contributed by atoms with Crippen molar-refractivity contribution >= 4 is 24.0 Å². The lowest BCUT2D eigenvalue weighted by atomic mass is 10.1. The summed E-state index contributed by atoms with van der Waals surface area (Å²) in [6.07, 6.45) is 0.278. The first-order chi connectivity index (χ1) is 9.57. The van der Waals surface area contributed by atoms with Crippen LogP contribution in [0.2, 0.25) is 0 Å².